The van der Waals surface area contributed by atoms with Gasteiger partial charge in [0.2, 0.25) is 11.8 Å². The van der Waals surface area contributed by atoms with Crippen LogP contribution in [-0.4, -0.2) is 39.6 Å². The minimum absolute atomic E-state index is 0.0361. The SMILES string of the molecule is CC(C)Cc1noc(CN2CCC[C@H]2C(=O)NC2CC2)n1. The molecule has 1 amide bonds. The van der Waals surface area contributed by atoms with Gasteiger partial charge in [0, 0.05) is 12.5 Å². The number of carbonyl (C=O) groups excluding carboxylic acids is 1. The molecule has 1 aromatic heterocycles. The Morgan fingerprint density at radius 2 is 2.24 bits per heavy atom. The van der Waals surface area contributed by atoms with Crippen LogP contribution in [0.2, 0.25) is 0 Å². The zero-order chi connectivity index (χ0) is 14.8. The van der Waals surface area contributed by atoms with Gasteiger partial charge in [0.25, 0.3) is 0 Å². The van der Waals surface area contributed by atoms with Gasteiger partial charge in [-0.25, -0.2) is 0 Å². The van der Waals surface area contributed by atoms with Crippen LogP contribution in [-0.2, 0) is 17.8 Å². The maximum atomic E-state index is 12.2. The molecule has 116 valence electrons. The number of likely N-dealkylation sites (tertiary alicyclic amines) is 1. The van der Waals surface area contributed by atoms with Crippen LogP contribution in [0, 0.1) is 5.92 Å². The van der Waals surface area contributed by atoms with Gasteiger partial charge >= 0.3 is 0 Å². The monoisotopic (exact) mass is 292 g/mol. The van der Waals surface area contributed by atoms with Crippen molar-refractivity contribution >= 4 is 5.91 Å². The molecule has 1 aromatic rings. The van der Waals surface area contributed by atoms with Crippen molar-refractivity contribution in [2.24, 2.45) is 5.92 Å². The normalized spacial score (nSPS) is 22.9. The van der Waals surface area contributed by atoms with E-state index in [1.54, 1.807) is 0 Å². The highest BCUT2D eigenvalue weighted by atomic mass is 16.5. The van der Waals surface area contributed by atoms with Gasteiger partial charge in [0.15, 0.2) is 5.82 Å². The first-order valence-corrected chi connectivity index (χ1v) is 7.97. The van der Waals surface area contributed by atoms with E-state index in [4.69, 9.17) is 4.52 Å². The van der Waals surface area contributed by atoms with Gasteiger partial charge in [0.1, 0.15) is 0 Å². The molecule has 1 N–H and O–H groups in total. The van der Waals surface area contributed by atoms with Crippen molar-refractivity contribution in [2.75, 3.05) is 6.54 Å². The standard InChI is InChI=1S/C15H24N4O2/c1-10(2)8-13-17-14(21-18-13)9-19-7-3-4-12(19)15(20)16-11-5-6-11/h10-12H,3-9H2,1-2H3,(H,16,20)/t12-/m0/s1. The van der Waals surface area contributed by atoms with Crippen LogP contribution in [0.3, 0.4) is 0 Å². The number of hydrogen-bond donors (Lipinski definition) is 1. The highest BCUT2D eigenvalue weighted by Gasteiger charge is 2.34. The quantitative estimate of drug-likeness (QED) is 0.860. The van der Waals surface area contributed by atoms with E-state index >= 15 is 0 Å². The molecule has 0 radical (unpaired) electrons. The Balaban J connectivity index is 1.57. The van der Waals surface area contributed by atoms with E-state index in [2.05, 4.69) is 34.2 Å². The van der Waals surface area contributed by atoms with Crippen molar-refractivity contribution < 1.29 is 9.32 Å². The van der Waals surface area contributed by atoms with Gasteiger partial charge in [-0.05, 0) is 38.1 Å². The number of amides is 1. The molecule has 0 unspecified atom stereocenters. The van der Waals surface area contributed by atoms with Gasteiger partial charge < -0.3 is 9.84 Å². The summed E-state index contributed by atoms with van der Waals surface area (Å²) in [5, 5.41) is 7.11. The summed E-state index contributed by atoms with van der Waals surface area (Å²) >= 11 is 0. The van der Waals surface area contributed by atoms with Crippen LogP contribution in [0.25, 0.3) is 0 Å². The molecule has 2 aliphatic rings. The van der Waals surface area contributed by atoms with Gasteiger partial charge in [0.05, 0.1) is 12.6 Å². The van der Waals surface area contributed by atoms with Crippen molar-refractivity contribution in [2.45, 2.75) is 64.6 Å². The summed E-state index contributed by atoms with van der Waals surface area (Å²) in [6, 6.07) is 0.382. The largest absolute Gasteiger partial charge is 0.352 e. The van der Waals surface area contributed by atoms with Gasteiger partial charge in [-0.2, -0.15) is 4.98 Å². The lowest BCUT2D eigenvalue weighted by Gasteiger charge is -2.21. The fourth-order valence-corrected chi connectivity index (χ4v) is 2.81. The van der Waals surface area contributed by atoms with Crippen molar-refractivity contribution in [3.63, 3.8) is 0 Å². The summed E-state index contributed by atoms with van der Waals surface area (Å²) in [5.74, 6) is 2.06. The molecule has 1 saturated heterocycles. The Bertz CT molecular complexity index is 496. The Morgan fingerprint density at radius 1 is 1.43 bits per heavy atom. The lowest BCUT2D eigenvalue weighted by molar-refractivity contribution is -0.125. The number of aromatic nitrogens is 2. The van der Waals surface area contributed by atoms with E-state index in [0.717, 1.165) is 44.5 Å². The van der Waals surface area contributed by atoms with Crippen molar-refractivity contribution in [3.05, 3.63) is 11.7 Å². The molecular weight excluding hydrogens is 268 g/mol. The highest BCUT2D eigenvalue weighted by Crippen LogP contribution is 2.23. The van der Waals surface area contributed by atoms with Crippen LogP contribution in [0.15, 0.2) is 4.52 Å². The topological polar surface area (TPSA) is 71.3 Å². The van der Waals surface area contributed by atoms with E-state index in [1.807, 2.05) is 0 Å². The smallest absolute Gasteiger partial charge is 0.240 e. The molecule has 1 saturated carbocycles. The molecule has 6 nitrogen and oxygen atoms in total. The Hall–Kier alpha value is -1.43. The predicted molar refractivity (Wildman–Crippen MR) is 77.4 cm³/mol. The van der Waals surface area contributed by atoms with Crippen LogP contribution < -0.4 is 5.32 Å². The molecule has 0 bridgehead atoms. The van der Waals surface area contributed by atoms with E-state index < -0.39 is 0 Å². The molecule has 0 aromatic carbocycles. The van der Waals surface area contributed by atoms with Gasteiger partial charge in [-0.15, -0.1) is 0 Å². The van der Waals surface area contributed by atoms with Crippen molar-refractivity contribution in [3.8, 4) is 0 Å². The van der Waals surface area contributed by atoms with Crippen LogP contribution in [0.5, 0.6) is 0 Å². The Kier molecular flexibility index (Phi) is 4.24. The number of hydrogen-bond acceptors (Lipinski definition) is 5. The summed E-state index contributed by atoms with van der Waals surface area (Å²) in [6.07, 6.45) is 5.05. The maximum Gasteiger partial charge on any atom is 0.240 e. The zero-order valence-corrected chi connectivity index (χ0v) is 12.8. The lowest BCUT2D eigenvalue weighted by Crippen LogP contribution is -2.43. The number of nitrogens with zero attached hydrogens (tertiary/aromatic N) is 3. The number of rotatable bonds is 6. The van der Waals surface area contributed by atoms with E-state index in [0.29, 0.717) is 24.4 Å². The van der Waals surface area contributed by atoms with Crippen molar-refractivity contribution in [1.29, 1.82) is 0 Å². The summed E-state index contributed by atoms with van der Waals surface area (Å²) in [7, 11) is 0. The molecule has 1 aliphatic heterocycles. The molecular formula is C15H24N4O2. The van der Waals surface area contributed by atoms with E-state index in [9.17, 15) is 4.79 Å². The summed E-state index contributed by atoms with van der Waals surface area (Å²) < 4.78 is 5.31. The van der Waals surface area contributed by atoms with E-state index in [-0.39, 0.29) is 11.9 Å². The predicted octanol–water partition coefficient (Wildman–Crippen LogP) is 1.51. The first-order valence-electron chi connectivity index (χ1n) is 7.97. The maximum absolute atomic E-state index is 12.2. The minimum Gasteiger partial charge on any atom is -0.352 e. The van der Waals surface area contributed by atoms with Crippen LogP contribution in [0.4, 0.5) is 0 Å². The molecule has 1 aliphatic carbocycles. The first-order chi connectivity index (χ1) is 10.1. The third kappa shape index (κ3) is 3.81. The molecule has 2 fully saturated rings. The Labute approximate surface area is 125 Å². The average molecular weight is 292 g/mol. The molecule has 0 spiro atoms. The zero-order valence-electron chi connectivity index (χ0n) is 12.8. The lowest BCUT2D eigenvalue weighted by atomic mass is 10.1. The van der Waals surface area contributed by atoms with Crippen LogP contribution in [0.1, 0.15) is 51.2 Å². The minimum atomic E-state index is -0.0361. The summed E-state index contributed by atoms with van der Waals surface area (Å²) in [4.78, 5) is 18.8. The highest BCUT2D eigenvalue weighted by molar-refractivity contribution is 5.82. The second kappa shape index (κ2) is 6.13. The Morgan fingerprint density at radius 3 is 2.95 bits per heavy atom. The number of carbonyl (C=O) groups is 1. The molecule has 3 rings (SSSR count). The molecule has 2 heterocycles. The first kappa shape index (κ1) is 14.5. The van der Waals surface area contributed by atoms with Crippen molar-refractivity contribution in [1.82, 2.24) is 20.4 Å². The second-order valence-corrected chi connectivity index (χ2v) is 6.61. The van der Waals surface area contributed by atoms with Gasteiger partial charge in [-0.1, -0.05) is 19.0 Å². The third-order valence-electron chi connectivity index (χ3n) is 4.03. The fraction of sp³-hybridized carbons (Fsp3) is 0.800. The fourth-order valence-electron chi connectivity index (χ4n) is 2.81. The molecule has 6 heteroatoms. The van der Waals surface area contributed by atoms with E-state index in [1.165, 1.54) is 0 Å². The van der Waals surface area contributed by atoms with Crippen LogP contribution >= 0.6 is 0 Å². The second-order valence-electron chi connectivity index (χ2n) is 6.61. The summed E-state index contributed by atoms with van der Waals surface area (Å²) in [5.41, 5.74) is 0. The van der Waals surface area contributed by atoms with Gasteiger partial charge in [-0.3, -0.25) is 9.69 Å². The molecule has 1 atom stereocenters. The average Bonchev–Trinajstić information content (AvgIpc) is 2.94. The molecule has 21 heavy (non-hydrogen) atoms. The summed E-state index contributed by atoms with van der Waals surface area (Å²) in [6.45, 7) is 5.77. The number of nitrogens with one attached hydrogen (secondary N) is 1. The third-order valence-corrected chi connectivity index (χ3v) is 4.03.